The summed E-state index contributed by atoms with van der Waals surface area (Å²) in [6, 6.07) is 5.01. The van der Waals surface area contributed by atoms with Gasteiger partial charge in [0.25, 0.3) is 0 Å². The van der Waals surface area contributed by atoms with Gasteiger partial charge in [-0.2, -0.15) is 0 Å². The molecule has 0 spiro atoms. The third-order valence-electron chi connectivity index (χ3n) is 5.34. The molecular formula is C22H24Cl2N4OS2. The summed E-state index contributed by atoms with van der Waals surface area (Å²) in [6.45, 7) is 5.27. The number of fused-ring (bicyclic) bond motifs is 1. The molecule has 1 amide bonds. The SMILES string of the molecule is CCCn1c(SCC(=O)Nc2ccc(Cl)cc2Cl)nnc1-c1csc2c1CCC(C)C2. The third kappa shape index (κ3) is 5.11. The Labute approximate surface area is 200 Å². The normalized spacial score (nSPS) is 15.7. The summed E-state index contributed by atoms with van der Waals surface area (Å²) in [5.41, 5.74) is 3.18. The van der Waals surface area contributed by atoms with Crippen LogP contribution in [0.3, 0.4) is 0 Å². The molecule has 1 atom stereocenters. The average molecular weight is 496 g/mol. The van der Waals surface area contributed by atoms with E-state index in [1.165, 1.54) is 34.2 Å². The van der Waals surface area contributed by atoms with Gasteiger partial charge in [-0.15, -0.1) is 21.5 Å². The predicted molar refractivity (Wildman–Crippen MR) is 131 cm³/mol. The number of nitrogens with zero attached hydrogens (tertiary/aromatic N) is 3. The number of thioether (sulfide) groups is 1. The van der Waals surface area contributed by atoms with E-state index < -0.39 is 0 Å². The number of carbonyl (C=O) groups excluding carboxylic acids is 1. The number of halogens is 2. The molecule has 0 saturated carbocycles. The fraction of sp³-hybridized carbons (Fsp3) is 0.409. The molecule has 9 heteroatoms. The lowest BCUT2D eigenvalue weighted by Crippen LogP contribution is -2.15. The van der Waals surface area contributed by atoms with Crippen LogP contribution in [0.2, 0.25) is 10.0 Å². The van der Waals surface area contributed by atoms with Gasteiger partial charge in [0.2, 0.25) is 5.91 Å². The van der Waals surface area contributed by atoms with E-state index >= 15 is 0 Å². The zero-order chi connectivity index (χ0) is 22.0. The molecule has 1 N–H and O–H groups in total. The Hall–Kier alpha value is -1.54. The third-order valence-corrected chi connectivity index (χ3v) is 7.91. The second-order valence-electron chi connectivity index (χ2n) is 7.82. The second-order valence-corrected chi connectivity index (χ2v) is 10.6. The lowest BCUT2D eigenvalue weighted by atomic mass is 9.88. The standard InChI is InChI=1S/C22H24Cl2N4OS2/c1-3-8-28-21(16-11-30-19-9-13(2)4-6-15(16)19)26-27-22(28)31-12-20(29)25-18-7-5-14(23)10-17(18)24/h5,7,10-11,13H,3-4,6,8-9,12H2,1-2H3,(H,25,29). The van der Waals surface area contributed by atoms with Crippen LogP contribution in [-0.4, -0.2) is 26.4 Å². The van der Waals surface area contributed by atoms with Crippen LogP contribution >= 0.6 is 46.3 Å². The summed E-state index contributed by atoms with van der Waals surface area (Å²) in [6.07, 6.45) is 4.43. The van der Waals surface area contributed by atoms with Gasteiger partial charge in [-0.1, -0.05) is 48.8 Å². The van der Waals surface area contributed by atoms with Gasteiger partial charge in [-0.3, -0.25) is 4.79 Å². The Morgan fingerprint density at radius 3 is 2.97 bits per heavy atom. The van der Waals surface area contributed by atoms with Gasteiger partial charge in [-0.25, -0.2) is 0 Å². The maximum atomic E-state index is 12.5. The topological polar surface area (TPSA) is 59.8 Å². The van der Waals surface area contributed by atoms with Crippen LogP contribution in [0, 0.1) is 5.92 Å². The van der Waals surface area contributed by atoms with Crippen LogP contribution in [0.1, 0.15) is 37.1 Å². The van der Waals surface area contributed by atoms with Crippen LogP contribution in [0.15, 0.2) is 28.7 Å². The number of hydrogen-bond acceptors (Lipinski definition) is 5. The van der Waals surface area contributed by atoms with Gasteiger partial charge in [0, 0.05) is 27.4 Å². The molecule has 31 heavy (non-hydrogen) atoms. The lowest BCUT2D eigenvalue weighted by Gasteiger charge is -2.19. The molecule has 2 heterocycles. The molecule has 1 aliphatic rings. The Morgan fingerprint density at radius 1 is 1.35 bits per heavy atom. The number of rotatable bonds is 7. The summed E-state index contributed by atoms with van der Waals surface area (Å²) in [5, 5.41) is 15.7. The molecule has 5 nitrogen and oxygen atoms in total. The molecule has 2 aromatic heterocycles. The average Bonchev–Trinajstić information content (AvgIpc) is 3.32. The summed E-state index contributed by atoms with van der Waals surface area (Å²) >= 11 is 15.3. The Kier molecular flexibility index (Phi) is 7.26. The molecule has 0 saturated heterocycles. The summed E-state index contributed by atoms with van der Waals surface area (Å²) in [5.74, 6) is 1.73. The van der Waals surface area contributed by atoms with E-state index in [4.69, 9.17) is 23.2 Å². The fourth-order valence-corrected chi connectivity index (χ4v) is 6.26. The number of anilines is 1. The van der Waals surface area contributed by atoms with Crippen LogP contribution in [0.4, 0.5) is 5.69 Å². The number of thiophene rings is 1. The molecule has 1 unspecified atom stereocenters. The first-order valence-corrected chi connectivity index (χ1v) is 13.0. The Balaban J connectivity index is 1.50. The van der Waals surface area contributed by atoms with E-state index in [1.54, 1.807) is 18.2 Å². The van der Waals surface area contributed by atoms with Crippen molar-refractivity contribution in [2.45, 2.75) is 51.2 Å². The molecule has 0 bridgehead atoms. The van der Waals surface area contributed by atoms with Crippen LogP contribution in [0.5, 0.6) is 0 Å². The monoisotopic (exact) mass is 494 g/mol. The van der Waals surface area contributed by atoms with E-state index in [9.17, 15) is 4.79 Å². The zero-order valence-electron chi connectivity index (χ0n) is 17.5. The summed E-state index contributed by atoms with van der Waals surface area (Å²) in [4.78, 5) is 14.0. The van der Waals surface area contributed by atoms with Crippen molar-refractivity contribution in [1.29, 1.82) is 0 Å². The number of nitrogens with one attached hydrogen (secondary N) is 1. The van der Waals surface area contributed by atoms with Crippen molar-refractivity contribution in [1.82, 2.24) is 14.8 Å². The van der Waals surface area contributed by atoms with E-state index in [0.717, 1.165) is 42.7 Å². The first-order valence-electron chi connectivity index (χ1n) is 10.4. The van der Waals surface area contributed by atoms with Gasteiger partial charge in [0.15, 0.2) is 11.0 Å². The molecular weight excluding hydrogens is 471 g/mol. The minimum absolute atomic E-state index is 0.149. The Bertz CT molecular complexity index is 1100. The Morgan fingerprint density at radius 2 is 2.19 bits per heavy atom. The number of amides is 1. The highest BCUT2D eigenvalue weighted by Gasteiger charge is 2.24. The van der Waals surface area contributed by atoms with Crippen LogP contribution < -0.4 is 5.32 Å². The van der Waals surface area contributed by atoms with Gasteiger partial charge >= 0.3 is 0 Å². The van der Waals surface area contributed by atoms with Crippen molar-refractivity contribution in [2.24, 2.45) is 5.92 Å². The molecule has 0 fully saturated rings. The van der Waals surface area contributed by atoms with Crippen LogP contribution in [0.25, 0.3) is 11.4 Å². The maximum Gasteiger partial charge on any atom is 0.234 e. The highest BCUT2D eigenvalue weighted by atomic mass is 35.5. The van der Waals surface area contributed by atoms with Crippen molar-refractivity contribution in [3.8, 4) is 11.4 Å². The molecule has 4 rings (SSSR count). The van der Waals surface area contributed by atoms with Gasteiger partial charge in [0.05, 0.1) is 16.5 Å². The first-order chi connectivity index (χ1) is 15.0. The number of carbonyl (C=O) groups is 1. The highest BCUT2D eigenvalue weighted by molar-refractivity contribution is 7.99. The minimum atomic E-state index is -0.149. The van der Waals surface area contributed by atoms with Crippen molar-refractivity contribution < 1.29 is 4.79 Å². The van der Waals surface area contributed by atoms with Crippen molar-refractivity contribution in [2.75, 3.05) is 11.1 Å². The fourth-order valence-electron chi connectivity index (χ4n) is 3.79. The maximum absolute atomic E-state index is 12.5. The van der Waals surface area contributed by atoms with E-state index in [-0.39, 0.29) is 11.7 Å². The van der Waals surface area contributed by atoms with Gasteiger partial charge in [-0.05, 0) is 55.4 Å². The van der Waals surface area contributed by atoms with Gasteiger partial charge < -0.3 is 9.88 Å². The second kappa shape index (κ2) is 9.94. The van der Waals surface area contributed by atoms with Gasteiger partial charge in [0.1, 0.15) is 0 Å². The molecule has 0 radical (unpaired) electrons. The molecule has 0 aliphatic heterocycles. The summed E-state index contributed by atoms with van der Waals surface area (Å²) < 4.78 is 2.15. The number of aromatic nitrogens is 3. The highest BCUT2D eigenvalue weighted by Crippen LogP contribution is 2.38. The number of benzene rings is 1. The van der Waals surface area contributed by atoms with Crippen molar-refractivity contribution in [3.63, 3.8) is 0 Å². The number of hydrogen-bond donors (Lipinski definition) is 1. The first kappa shape index (κ1) is 22.6. The zero-order valence-corrected chi connectivity index (χ0v) is 20.6. The van der Waals surface area contributed by atoms with E-state index in [2.05, 4.69) is 39.3 Å². The minimum Gasteiger partial charge on any atom is -0.324 e. The predicted octanol–water partition coefficient (Wildman–Crippen LogP) is 6.58. The molecule has 164 valence electrons. The molecule has 1 aromatic carbocycles. The van der Waals surface area contributed by atoms with Crippen LogP contribution in [-0.2, 0) is 24.2 Å². The van der Waals surface area contributed by atoms with Crippen molar-refractivity contribution >= 4 is 57.9 Å². The quantitative estimate of drug-likeness (QED) is 0.376. The smallest absolute Gasteiger partial charge is 0.234 e. The molecule has 1 aliphatic carbocycles. The largest absolute Gasteiger partial charge is 0.324 e. The van der Waals surface area contributed by atoms with E-state index in [0.29, 0.717) is 15.7 Å². The molecule has 3 aromatic rings. The lowest BCUT2D eigenvalue weighted by molar-refractivity contribution is -0.113. The van der Waals surface area contributed by atoms with E-state index in [1.807, 2.05) is 11.3 Å². The van der Waals surface area contributed by atoms with Crippen molar-refractivity contribution in [3.05, 3.63) is 44.1 Å². The summed E-state index contributed by atoms with van der Waals surface area (Å²) in [7, 11) is 0.